The Morgan fingerprint density at radius 3 is 3.06 bits per heavy atom. The number of cyclic esters (lactones) is 1. The van der Waals surface area contributed by atoms with E-state index < -0.39 is 18.0 Å². The molecule has 1 unspecified atom stereocenters. The van der Waals surface area contributed by atoms with E-state index in [4.69, 9.17) is 4.74 Å². The first kappa shape index (κ1) is 11.9. The number of carbonyl (C=O) groups is 1. The van der Waals surface area contributed by atoms with Crippen molar-refractivity contribution in [1.29, 1.82) is 0 Å². The lowest BCUT2D eigenvalue weighted by Crippen LogP contribution is -2.40. The SMILES string of the molecule is O=C1OCCCN1CC(O)c1cccc(F)c1. The molecule has 4 nitrogen and oxygen atoms in total. The van der Waals surface area contributed by atoms with Crippen molar-refractivity contribution in [3.05, 3.63) is 35.6 Å². The molecule has 1 aromatic rings. The fourth-order valence-electron chi connectivity index (χ4n) is 1.79. The zero-order chi connectivity index (χ0) is 12.3. The van der Waals surface area contributed by atoms with Crippen LogP contribution < -0.4 is 0 Å². The smallest absolute Gasteiger partial charge is 0.409 e. The van der Waals surface area contributed by atoms with Crippen LogP contribution >= 0.6 is 0 Å². The van der Waals surface area contributed by atoms with E-state index in [-0.39, 0.29) is 6.54 Å². The van der Waals surface area contributed by atoms with Crippen LogP contribution in [0, 0.1) is 5.82 Å². The Balaban J connectivity index is 2.00. The molecule has 0 radical (unpaired) electrons. The van der Waals surface area contributed by atoms with E-state index in [1.807, 2.05) is 0 Å². The van der Waals surface area contributed by atoms with Crippen LogP contribution in [0.5, 0.6) is 0 Å². The maximum Gasteiger partial charge on any atom is 0.409 e. The van der Waals surface area contributed by atoms with Gasteiger partial charge in [-0.2, -0.15) is 0 Å². The monoisotopic (exact) mass is 239 g/mol. The molecule has 0 aliphatic carbocycles. The second-order valence-electron chi connectivity index (χ2n) is 3.98. The third-order valence-electron chi connectivity index (χ3n) is 2.68. The number of aliphatic hydroxyl groups excluding tert-OH is 1. The van der Waals surface area contributed by atoms with Crippen LogP contribution in [0.3, 0.4) is 0 Å². The molecule has 5 heteroatoms. The largest absolute Gasteiger partial charge is 0.449 e. The zero-order valence-corrected chi connectivity index (χ0v) is 9.30. The molecule has 0 saturated carbocycles. The van der Waals surface area contributed by atoms with E-state index >= 15 is 0 Å². The number of ether oxygens (including phenoxy) is 1. The van der Waals surface area contributed by atoms with Gasteiger partial charge in [-0.15, -0.1) is 0 Å². The van der Waals surface area contributed by atoms with Gasteiger partial charge in [0, 0.05) is 6.54 Å². The molecule has 1 fully saturated rings. The first-order valence-corrected chi connectivity index (χ1v) is 5.52. The topological polar surface area (TPSA) is 49.8 Å². The normalized spacial score (nSPS) is 17.8. The van der Waals surface area contributed by atoms with Crippen molar-refractivity contribution in [3.63, 3.8) is 0 Å². The summed E-state index contributed by atoms with van der Waals surface area (Å²) in [5.41, 5.74) is 0.461. The summed E-state index contributed by atoms with van der Waals surface area (Å²) >= 11 is 0. The van der Waals surface area contributed by atoms with Gasteiger partial charge in [0.15, 0.2) is 0 Å². The average Bonchev–Trinajstić information content (AvgIpc) is 2.32. The third kappa shape index (κ3) is 2.94. The minimum Gasteiger partial charge on any atom is -0.449 e. The maximum absolute atomic E-state index is 13.0. The molecule has 0 spiro atoms. The molecule has 1 heterocycles. The Labute approximate surface area is 98.6 Å². The summed E-state index contributed by atoms with van der Waals surface area (Å²) < 4.78 is 17.8. The average molecular weight is 239 g/mol. The fourth-order valence-corrected chi connectivity index (χ4v) is 1.79. The lowest BCUT2D eigenvalue weighted by molar-refractivity contribution is 0.0475. The number of carbonyl (C=O) groups excluding carboxylic acids is 1. The van der Waals surface area contributed by atoms with Crippen molar-refractivity contribution in [3.8, 4) is 0 Å². The maximum atomic E-state index is 13.0. The minimum atomic E-state index is -0.892. The number of amides is 1. The van der Waals surface area contributed by atoms with Crippen LogP contribution in [0.4, 0.5) is 9.18 Å². The van der Waals surface area contributed by atoms with Crippen molar-refractivity contribution >= 4 is 6.09 Å². The van der Waals surface area contributed by atoms with Crippen molar-refractivity contribution in [2.24, 2.45) is 0 Å². The quantitative estimate of drug-likeness (QED) is 0.873. The predicted molar refractivity (Wildman–Crippen MR) is 58.9 cm³/mol. The van der Waals surface area contributed by atoms with Gasteiger partial charge in [0.1, 0.15) is 5.82 Å². The molecule has 1 aromatic carbocycles. The summed E-state index contributed by atoms with van der Waals surface area (Å²) in [5, 5.41) is 9.90. The lowest BCUT2D eigenvalue weighted by atomic mass is 10.1. The summed E-state index contributed by atoms with van der Waals surface area (Å²) in [5.74, 6) is -0.400. The van der Waals surface area contributed by atoms with Gasteiger partial charge < -0.3 is 14.7 Å². The van der Waals surface area contributed by atoms with Crippen LogP contribution in [-0.4, -0.2) is 35.8 Å². The first-order valence-electron chi connectivity index (χ1n) is 5.52. The molecular weight excluding hydrogens is 225 g/mol. The first-order chi connectivity index (χ1) is 8.16. The molecule has 1 amide bonds. The van der Waals surface area contributed by atoms with E-state index in [0.29, 0.717) is 18.7 Å². The molecule has 2 rings (SSSR count). The molecular formula is C12H14FNO3. The molecule has 1 aliphatic heterocycles. The van der Waals surface area contributed by atoms with Gasteiger partial charge >= 0.3 is 6.09 Å². The van der Waals surface area contributed by atoms with Gasteiger partial charge in [-0.05, 0) is 24.1 Å². The third-order valence-corrected chi connectivity index (χ3v) is 2.68. The molecule has 1 atom stereocenters. The Morgan fingerprint density at radius 2 is 2.35 bits per heavy atom. The number of β-amino-alcohol motifs (C(OH)–C–C–N with tert-alkyl or cyclic N) is 1. The van der Waals surface area contributed by atoms with Crippen molar-refractivity contribution in [2.75, 3.05) is 19.7 Å². The summed E-state index contributed by atoms with van der Waals surface area (Å²) in [7, 11) is 0. The number of aliphatic hydroxyl groups is 1. The van der Waals surface area contributed by atoms with Gasteiger partial charge in [0.05, 0.1) is 19.3 Å². The van der Waals surface area contributed by atoms with Crippen LogP contribution in [0.15, 0.2) is 24.3 Å². The van der Waals surface area contributed by atoms with E-state index in [1.165, 1.54) is 23.1 Å². The predicted octanol–water partition coefficient (Wildman–Crippen LogP) is 1.70. The number of hydrogen-bond donors (Lipinski definition) is 1. The van der Waals surface area contributed by atoms with Gasteiger partial charge in [0.25, 0.3) is 0 Å². The molecule has 0 aromatic heterocycles. The molecule has 92 valence electrons. The number of halogens is 1. The van der Waals surface area contributed by atoms with Crippen LogP contribution in [0.2, 0.25) is 0 Å². The number of nitrogens with zero attached hydrogens (tertiary/aromatic N) is 1. The highest BCUT2D eigenvalue weighted by molar-refractivity contribution is 5.68. The van der Waals surface area contributed by atoms with Gasteiger partial charge in [-0.3, -0.25) is 0 Å². The second kappa shape index (κ2) is 5.14. The summed E-state index contributed by atoms with van der Waals surface area (Å²) in [6, 6.07) is 5.73. The molecule has 0 bridgehead atoms. The molecule has 17 heavy (non-hydrogen) atoms. The standard InChI is InChI=1S/C12H14FNO3/c13-10-4-1-3-9(7-10)11(15)8-14-5-2-6-17-12(14)16/h1,3-4,7,11,15H,2,5-6,8H2. The van der Waals surface area contributed by atoms with Crippen LogP contribution in [-0.2, 0) is 4.74 Å². The fraction of sp³-hybridized carbons (Fsp3) is 0.417. The second-order valence-corrected chi connectivity index (χ2v) is 3.98. The summed E-state index contributed by atoms with van der Waals surface area (Å²) in [6.45, 7) is 1.11. The van der Waals surface area contributed by atoms with E-state index in [2.05, 4.69) is 0 Å². The van der Waals surface area contributed by atoms with Gasteiger partial charge in [0.2, 0.25) is 0 Å². The highest BCUT2D eigenvalue weighted by Crippen LogP contribution is 2.17. The Bertz CT molecular complexity index is 410. The lowest BCUT2D eigenvalue weighted by Gasteiger charge is -2.28. The summed E-state index contributed by atoms with van der Waals surface area (Å²) in [4.78, 5) is 12.8. The zero-order valence-electron chi connectivity index (χ0n) is 9.30. The molecule has 1 aliphatic rings. The van der Waals surface area contributed by atoms with Crippen molar-refractivity contribution < 1.29 is 19.0 Å². The number of hydrogen-bond acceptors (Lipinski definition) is 3. The highest BCUT2D eigenvalue weighted by Gasteiger charge is 2.22. The van der Waals surface area contributed by atoms with Gasteiger partial charge in [-0.1, -0.05) is 12.1 Å². The van der Waals surface area contributed by atoms with Gasteiger partial charge in [-0.25, -0.2) is 9.18 Å². The Kier molecular flexibility index (Phi) is 3.58. The van der Waals surface area contributed by atoms with E-state index in [0.717, 1.165) is 6.42 Å². The Morgan fingerprint density at radius 1 is 1.53 bits per heavy atom. The molecule has 1 saturated heterocycles. The van der Waals surface area contributed by atoms with Crippen molar-refractivity contribution in [1.82, 2.24) is 4.90 Å². The highest BCUT2D eigenvalue weighted by atomic mass is 19.1. The van der Waals surface area contributed by atoms with E-state index in [1.54, 1.807) is 6.07 Å². The molecule has 1 N–H and O–H groups in total. The van der Waals surface area contributed by atoms with Crippen molar-refractivity contribution in [2.45, 2.75) is 12.5 Å². The van der Waals surface area contributed by atoms with Crippen LogP contribution in [0.25, 0.3) is 0 Å². The minimum absolute atomic E-state index is 0.127. The summed E-state index contributed by atoms with van der Waals surface area (Å²) in [6.07, 6.45) is -0.565. The Hall–Kier alpha value is -1.62. The number of rotatable bonds is 3. The number of benzene rings is 1. The van der Waals surface area contributed by atoms with E-state index in [9.17, 15) is 14.3 Å². The van der Waals surface area contributed by atoms with Crippen LogP contribution in [0.1, 0.15) is 18.1 Å².